The summed E-state index contributed by atoms with van der Waals surface area (Å²) in [6.07, 6.45) is -4.48. The minimum absolute atomic E-state index is 0.0475. The number of carbonyl (C=O) groups excluding carboxylic acids is 1. The molecule has 2 aromatic rings. The summed E-state index contributed by atoms with van der Waals surface area (Å²) in [5, 5.41) is 2.62. The molecule has 0 heterocycles. The van der Waals surface area contributed by atoms with Crippen molar-refractivity contribution < 1.29 is 36.9 Å². The zero-order valence-electron chi connectivity index (χ0n) is 15.6. The van der Waals surface area contributed by atoms with E-state index in [9.17, 15) is 18.0 Å². The Labute approximate surface area is 160 Å². The molecule has 0 fully saturated rings. The van der Waals surface area contributed by atoms with Gasteiger partial charge in [-0.2, -0.15) is 13.2 Å². The van der Waals surface area contributed by atoms with E-state index in [0.29, 0.717) is 22.8 Å². The second-order valence-corrected chi connectivity index (χ2v) is 5.61. The maximum atomic E-state index is 12.7. The molecule has 152 valence electrons. The molecule has 6 nitrogen and oxygen atoms in total. The monoisotopic (exact) mass is 399 g/mol. The lowest BCUT2D eigenvalue weighted by Gasteiger charge is -2.15. The van der Waals surface area contributed by atoms with E-state index >= 15 is 0 Å². The molecule has 0 bridgehead atoms. The van der Waals surface area contributed by atoms with Gasteiger partial charge in [0.25, 0.3) is 5.91 Å². The first-order valence-electron chi connectivity index (χ1n) is 8.14. The minimum Gasteiger partial charge on any atom is -0.496 e. The zero-order valence-corrected chi connectivity index (χ0v) is 15.6. The average molecular weight is 399 g/mol. The van der Waals surface area contributed by atoms with Crippen LogP contribution in [0, 0.1) is 0 Å². The Bertz CT molecular complexity index is 824. The summed E-state index contributed by atoms with van der Waals surface area (Å²) in [6.45, 7) is -0.328. The van der Waals surface area contributed by atoms with Crippen LogP contribution in [-0.4, -0.2) is 33.8 Å². The first-order chi connectivity index (χ1) is 13.3. The summed E-state index contributed by atoms with van der Waals surface area (Å²) >= 11 is 0. The lowest BCUT2D eigenvalue weighted by Crippen LogP contribution is -2.28. The molecule has 1 N–H and O–H groups in total. The van der Waals surface area contributed by atoms with Gasteiger partial charge in [-0.25, -0.2) is 0 Å². The van der Waals surface area contributed by atoms with E-state index in [1.165, 1.54) is 33.5 Å². The molecule has 9 heteroatoms. The number of methoxy groups -OCH3 is 3. The predicted molar refractivity (Wildman–Crippen MR) is 94.9 cm³/mol. The summed E-state index contributed by atoms with van der Waals surface area (Å²) in [5.74, 6) is 0.870. The van der Waals surface area contributed by atoms with Gasteiger partial charge >= 0.3 is 6.18 Å². The summed E-state index contributed by atoms with van der Waals surface area (Å²) < 4.78 is 58.9. The number of hydrogen-bond donors (Lipinski definition) is 1. The van der Waals surface area contributed by atoms with Gasteiger partial charge in [-0.05, 0) is 24.3 Å². The molecule has 0 aliphatic rings. The van der Waals surface area contributed by atoms with Gasteiger partial charge in [0.15, 0.2) is 18.1 Å². The van der Waals surface area contributed by atoms with Crippen LogP contribution in [0.15, 0.2) is 36.4 Å². The third-order valence-corrected chi connectivity index (χ3v) is 3.79. The van der Waals surface area contributed by atoms with Crippen molar-refractivity contribution >= 4 is 5.91 Å². The smallest absolute Gasteiger partial charge is 0.416 e. The van der Waals surface area contributed by atoms with Crippen molar-refractivity contribution in [2.45, 2.75) is 12.7 Å². The molecule has 0 aromatic heterocycles. The Balaban J connectivity index is 1.98. The van der Waals surface area contributed by atoms with Gasteiger partial charge in [0.1, 0.15) is 11.5 Å². The van der Waals surface area contributed by atoms with Crippen LogP contribution >= 0.6 is 0 Å². The Morgan fingerprint density at radius 2 is 1.61 bits per heavy atom. The third kappa shape index (κ3) is 5.45. The summed E-state index contributed by atoms with van der Waals surface area (Å²) in [7, 11) is 4.45. The molecule has 2 rings (SSSR count). The molecule has 0 atom stereocenters. The van der Waals surface area contributed by atoms with E-state index in [2.05, 4.69) is 5.32 Å². The van der Waals surface area contributed by atoms with Crippen molar-refractivity contribution in [3.8, 4) is 23.0 Å². The molecule has 28 heavy (non-hydrogen) atoms. The Morgan fingerprint density at radius 1 is 0.964 bits per heavy atom. The van der Waals surface area contributed by atoms with Gasteiger partial charge in [0.05, 0.1) is 26.9 Å². The topological polar surface area (TPSA) is 66.0 Å². The van der Waals surface area contributed by atoms with Gasteiger partial charge < -0.3 is 24.3 Å². The standard InChI is InChI=1S/C19H20F3NO5/c1-25-15-9-17(27-3)16(26-2)7-12(15)10-23-18(24)11-28-14-6-4-5-13(8-14)19(20,21)22/h4-9H,10-11H2,1-3H3,(H,23,24). The van der Waals surface area contributed by atoms with Crippen molar-refractivity contribution in [2.75, 3.05) is 27.9 Å². The van der Waals surface area contributed by atoms with Gasteiger partial charge in [-0.1, -0.05) is 6.07 Å². The molecular formula is C19H20F3NO5. The fourth-order valence-corrected chi connectivity index (χ4v) is 2.39. The molecule has 0 aliphatic carbocycles. The van der Waals surface area contributed by atoms with Crippen LogP contribution in [0.2, 0.25) is 0 Å². The van der Waals surface area contributed by atoms with Gasteiger partial charge in [0, 0.05) is 18.2 Å². The van der Waals surface area contributed by atoms with Crippen molar-refractivity contribution in [1.82, 2.24) is 5.32 Å². The lowest BCUT2D eigenvalue weighted by molar-refractivity contribution is -0.137. The first-order valence-corrected chi connectivity index (χ1v) is 8.14. The van der Waals surface area contributed by atoms with Crippen LogP contribution < -0.4 is 24.3 Å². The Morgan fingerprint density at radius 3 is 2.21 bits per heavy atom. The van der Waals surface area contributed by atoms with Gasteiger partial charge in [-0.3, -0.25) is 4.79 Å². The third-order valence-electron chi connectivity index (χ3n) is 3.79. The molecule has 0 spiro atoms. The number of halogens is 3. The van der Waals surface area contributed by atoms with Crippen molar-refractivity contribution in [1.29, 1.82) is 0 Å². The quantitative estimate of drug-likeness (QED) is 0.737. The highest BCUT2D eigenvalue weighted by Gasteiger charge is 2.30. The predicted octanol–water partition coefficient (Wildman–Crippen LogP) is 3.43. The second kappa shape index (κ2) is 9.20. The zero-order chi connectivity index (χ0) is 20.7. The van der Waals surface area contributed by atoms with Crippen LogP contribution in [0.4, 0.5) is 13.2 Å². The van der Waals surface area contributed by atoms with Gasteiger partial charge in [0.2, 0.25) is 0 Å². The van der Waals surface area contributed by atoms with Crippen molar-refractivity contribution in [2.24, 2.45) is 0 Å². The number of amides is 1. The summed E-state index contributed by atoms with van der Waals surface area (Å²) in [5.41, 5.74) is -0.215. The van der Waals surface area contributed by atoms with E-state index in [4.69, 9.17) is 18.9 Å². The molecule has 0 aliphatic heterocycles. The number of benzene rings is 2. The average Bonchev–Trinajstić information content (AvgIpc) is 2.69. The lowest BCUT2D eigenvalue weighted by atomic mass is 10.1. The van der Waals surface area contributed by atoms with Crippen LogP contribution in [-0.2, 0) is 17.5 Å². The molecule has 0 unspecified atom stereocenters. The number of hydrogen-bond acceptors (Lipinski definition) is 5. The molecule has 0 saturated heterocycles. The number of nitrogens with one attached hydrogen (secondary N) is 1. The van der Waals surface area contributed by atoms with Crippen LogP contribution in [0.3, 0.4) is 0 Å². The summed E-state index contributed by atoms with van der Waals surface area (Å²) in [4.78, 5) is 12.0. The fraction of sp³-hybridized carbons (Fsp3) is 0.316. The second-order valence-electron chi connectivity index (χ2n) is 5.61. The van der Waals surface area contributed by atoms with E-state index in [0.717, 1.165) is 12.1 Å². The molecule has 2 aromatic carbocycles. The van der Waals surface area contributed by atoms with Crippen LogP contribution in [0.25, 0.3) is 0 Å². The first kappa shape index (κ1) is 21.2. The number of alkyl halides is 3. The summed E-state index contributed by atoms with van der Waals surface area (Å²) in [6, 6.07) is 7.61. The Hall–Kier alpha value is -3.10. The number of ether oxygens (including phenoxy) is 4. The normalized spacial score (nSPS) is 10.9. The molecule has 1 amide bonds. The molecule has 0 saturated carbocycles. The molecule has 0 radical (unpaired) electrons. The Kier molecular flexibility index (Phi) is 6.97. The minimum atomic E-state index is -4.48. The van der Waals surface area contributed by atoms with Gasteiger partial charge in [-0.15, -0.1) is 0 Å². The van der Waals surface area contributed by atoms with E-state index in [1.54, 1.807) is 12.1 Å². The van der Waals surface area contributed by atoms with E-state index in [1.807, 2.05) is 0 Å². The number of rotatable bonds is 8. The maximum Gasteiger partial charge on any atom is 0.416 e. The van der Waals surface area contributed by atoms with Crippen LogP contribution in [0.5, 0.6) is 23.0 Å². The SMILES string of the molecule is COc1cc(OC)c(OC)cc1CNC(=O)COc1cccc(C(F)(F)F)c1. The van der Waals surface area contributed by atoms with Crippen molar-refractivity contribution in [3.05, 3.63) is 47.5 Å². The highest BCUT2D eigenvalue weighted by Crippen LogP contribution is 2.34. The van der Waals surface area contributed by atoms with E-state index < -0.39 is 24.3 Å². The number of carbonyl (C=O) groups is 1. The largest absolute Gasteiger partial charge is 0.496 e. The highest BCUT2D eigenvalue weighted by molar-refractivity contribution is 5.77. The van der Waals surface area contributed by atoms with E-state index in [-0.39, 0.29) is 12.3 Å². The van der Waals surface area contributed by atoms with Crippen molar-refractivity contribution in [3.63, 3.8) is 0 Å². The maximum absolute atomic E-state index is 12.7. The van der Waals surface area contributed by atoms with Crippen LogP contribution in [0.1, 0.15) is 11.1 Å². The fourth-order valence-electron chi connectivity index (χ4n) is 2.39. The molecular weight excluding hydrogens is 379 g/mol. The highest BCUT2D eigenvalue weighted by atomic mass is 19.4.